The van der Waals surface area contributed by atoms with E-state index in [-0.39, 0.29) is 29.1 Å². The third-order valence-corrected chi connectivity index (χ3v) is 7.31. The Hall–Kier alpha value is -1.44. The summed E-state index contributed by atoms with van der Waals surface area (Å²) in [6, 6.07) is 0. The molecular weight excluding hydrogens is 370 g/mol. The molecule has 3 aliphatic rings. The molecule has 0 radical (unpaired) electrons. The number of piperidine rings is 1. The van der Waals surface area contributed by atoms with Crippen molar-refractivity contribution in [3.8, 4) is 0 Å². The van der Waals surface area contributed by atoms with Gasteiger partial charge in [0.15, 0.2) is 0 Å². The van der Waals surface area contributed by atoms with Gasteiger partial charge in [-0.25, -0.2) is 0 Å². The standard InChI is InChI=1S/C22H35N3O4/c1-5-25-14-16(13-23-25)19(26)24-10-8-22(9-11-24)12-18(28-15-22)21(4)7-6-17(29-21)20(2,3)27/h13-14,17-18,27H,5-12,15H2,1-4H3/t17-,18-,21+/m0/s1. The van der Waals surface area contributed by atoms with Gasteiger partial charge in [0.25, 0.3) is 5.91 Å². The lowest BCUT2D eigenvalue weighted by molar-refractivity contribution is -0.155. The highest BCUT2D eigenvalue weighted by atomic mass is 16.6. The number of aryl methyl sites for hydroxylation is 1. The molecule has 4 rings (SSSR count). The van der Waals surface area contributed by atoms with E-state index in [4.69, 9.17) is 9.47 Å². The van der Waals surface area contributed by atoms with Crippen molar-refractivity contribution in [2.24, 2.45) is 5.41 Å². The summed E-state index contributed by atoms with van der Waals surface area (Å²) in [5, 5.41) is 14.5. The molecule has 3 aliphatic heterocycles. The number of carbonyl (C=O) groups is 1. The number of aromatic nitrogens is 2. The highest BCUT2D eigenvalue weighted by molar-refractivity contribution is 5.93. The highest BCUT2D eigenvalue weighted by Crippen LogP contribution is 2.49. The quantitative estimate of drug-likeness (QED) is 0.833. The van der Waals surface area contributed by atoms with Crippen LogP contribution in [0, 0.1) is 5.41 Å². The van der Waals surface area contributed by atoms with Crippen molar-refractivity contribution in [2.75, 3.05) is 19.7 Å². The molecule has 162 valence electrons. The Morgan fingerprint density at radius 1 is 1.34 bits per heavy atom. The number of carbonyl (C=O) groups excluding carboxylic acids is 1. The zero-order valence-corrected chi connectivity index (χ0v) is 18.2. The summed E-state index contributed by atoms with van der Waals surface area (Å²) in [4.78, 5) is 14.7. The molecule has 7 heteroatoms. The third-order valence-electron chi connectivity index (χ3n) is 7.31. The number of aliphatic hydroxyl groups is 1. The van der Waals surface area contributed by atoms with Gasteiger partial charge in [-0.2, -0.15) is 5.10 Å². The van der Waals surface area contributed by atoms with Gasteiger partial charge in [0.05, 0.1) is 41.8 Å². The molecule has 1 N–H and O–H groups in total. The fourth-order valence-electron chi connectivity index (χ4n) is 5.14. The number of rotatable bonds is 4. The molecule has 29 heavy (non-hydrogen) atoms. The second-order valence-corrected chi connectivity index (χ2v) is 9.99. The number of likely N-dealkylation sites (tertiary alicyclic amines) is 1. The first-order valence-electron chi connectivity index (χ1n) is 11.0. The fraction of sp³-hybridized carbons (Fsp3) is 0.818. The molecule has 0 saturated carbocycles. The lowest BCUT2D eigenvalue weighted by Gasteiger charge is -2.39. The Bertz CT molecular complexity index is 747. The normalized spacial score (nSPS) is 32.2. The van der Waals surface area contributed by atoms with Gasteiger partial charge >= 0.3 is 0 Å². The van der Waals surface area contributed by atoms with Crippen LogP contribution < -0.4 is 0 Å². The van der Waals surface area contributed by atoms with Crippen LogP contribution in [-0.2, 0) is 16.0 Å². The van der Waals surface area contributed by atoms with E-state index in [0.29, 0.717) is 5.56 Å². The first kappa shape index (κ1) is 20.8. The molecule has 7 nitrogen and oxygen atoms in total. The Labute approximate surface area is 173 Å². The van der Waals surface area contributed by atoms with E-state index in [1.807, 2.05) is 31.9 Å². The summed E-state index contributed by atoms with van der Waals surface area (Å²) in [6.45, 7) is 10.8. The second-order valence-electron chi connectivity index (χ2n) is 9.99. The topological polar surface area (TPSA) is 76.8 Å². The van der Waals surface area contributed by atoms with E-state index < -0.39 is 5.60 Å². The van der Waals surface area contributed by atoms with Gasteiger partial charge in [-0.1, -0.05) is 0 Å². The van der Waals surface area contributed by atoms with Crippen LogP contribution in [0.1, 0.15) is 70.2 Å². The monoisotopic (exact) mass is 405 g/mol. The smallest absolute Gasteiger partial charge is 0.257 e. The SMILES string of the molecule is CCn1cc(C(=O)N2CCC3(CC2)CO[C@H]([C@@]2(C)CC[C@@H](C(C)(C)O)O2)C3)cn1. The molecule has 3 atom stereocenters. The number of nitrogens with zero attached hydrogens (tertiary/aromatic N) is 3. The minimum atomic E-state index is -0.828. The zero-order valence-electron chi connectivity index (χ0n) is 18.2. The summed E-state index contributed by atoms with van der Waals surface area (Å²) in [7, 11) is 0. The van der Waals surface area contributed by atoms with E-state index in [1.165, 1.54) is 0 Å². The van der Waals surface area contributed by atoms with Gasteiger partial charge in [-0.05, 0) is 65.2 Å². The molecule has 4 heterocycles. The van der Waals surface area contributed by atoms with Crippen molar-refractivity contribution >= 4 is 5.91 Å². The van der Waals surface area contributed by atoms with Crippen LogP contribution in [-0.4, -0.2) is 68.8 Å². The van der Waals surface area contributed by atoms with Crippen LogP contribution in [0.3, 0.4) is 0 Å². The summed E-state index contributed by atoms with van der Waals surface area (Å²) < 4.78 is 14.4. The highest BCUT2D eigenvalue weighted by Gasteiger charge is 2.53. The van der Waals surface area contributed by atoms with Crippen molar-refractivity contribution in [2.45, 2.75) is 89.8 Å². The first-order chi connectivity index (χ1) is 13.6. The maximum atomic E-state index is 12.8. The predicted molar refractivity (Wildman–Crippen MR) is 109 cm³/mol. The van der Waals surface area contributed by atoms with E-state index in [2.05, 4.69) is 12.0 Å². The Morgan fingerprint density at radius 2 is 2.07 bits per heavy atom. The molecule has 3 saturated heterocycles. The maximum Gasteiger partial charge on any atom is 0.257 e. The molecule has 0 bridgehead atoms. The van der Waals surface area contributed by atoms with Crippen LogP contribution in [0.2, 0.25) is 0 Å². The Kier molecular flexibility index (Phi) is 5.28. The van der Waals surface area contributed by atoms with E-state index >= 15 is 0 Å². The van der Waals surface area contributed by atoms with Crippen molar-refractivity contribution in [3.63, 3.8) is 0 Å². The first-order valence-corrected chi connectivity index (χ1v) is 11.0. The number of hydrogen-bond donors (Lipinski definition) is 1. The minimum Gasteiger partial charge on any atom is -0.388 e. The predicted octanol–water partition coefficient (Wildman–Crippen LogP) is 2.62. The van der Waals surface area contributed by atoms with Gasteiger partial charge in [0.2, 0.25) is 0 Å². The summed E-state index contributed by atoms with van der Waals surface area (Å²) in [5.41, 5.74) is -0.358. The van der Waals surface area contributed by atoms with Crippen molar-refractivity contribution in [1.82, 2.24) is 14.7 Å². The summed E-state index contributed by atoms with van der Waals surface area (Å²) >= 11 is 0. The molecule has 0 aromatic carbocycles. The zero-order chi connectivity index (χ0) is 20.9. The van der Waals surface area contributed by atoms with Crippen LogP contribution >= 0.6 is 0 Å². The number of hydrogen-bond acceptors (Lipinski definition) is 5. The number of ether oxygens (including phenoxy) is 2. The average Bonchev–Trinajstić information content (AvgIpc) is 3.40. The van der Waals surface area contributed by atoms with E-state index in [1.54, 1.807) is 10.9 Å². The molecule has 1 aromatic rings. The summed E-state index contributed by atoms with van der Waals surface area (Å²) in [5.74, 6) is 0.0779. The van der Waals surface area contributed by atoms with Gasteiger partial charge < -0.3 is 19.5 Å². The summed E-state index contributed by atoms with van der Waals surface area (Å²) in [6.07, 6.45) is 8.08. The van der Waals surface area contributed by atoms with Crippen molar-refractivity contribution in [1.29, 1.82) is 0 Å². The lowest BCUT2D eigenvalue weighted by atomic mass is 9.74. The molecule has 1 amide bonds. The Balaban J connectivity index is 1.34. The van der Waals surface area contributed by atoms with E-state index in [9.17, 15) is 9.90 Å². The molecule has 0 unspecified atom stereocenters. The largest absolute Gasteiger partial charge is 0.388 e. The second kappa shape index (κ2) is 7.36. The Morgan fingerprint density at radius 3 is 2.66 bits per heavy atom. The lowest BCUT2D eigenvalue weighted by Crippen LogP contribution is -2.45. The van der Waals surface area contributed by atoms with Crippen LogP contribution in [0.5, 0.6) is 0 Å². The molecule has 1 aromatic heterocycles. The van der Waals surface area contributed by atoms with Crippen molar-refractivity contribution < 1.29 is 19.4 Å². The van der Waals surface area contributed by atoms with Crippen LogP contribution in [0.15, 0.2) is 12.4 Å². The van der Waals surface area contributed by atoms with Gasteiger partial charge in [-0.3, -0.25) is 9.48 Å². The van der Waals surface area contributed by atoms with Gasteiger partial charge in [0.1, 0.15) is 0 Å². The maximum absolute atomic E-state index is 12.8. The van der Waals surface area contributed by atoms with Gasteiger partial charge in [0, 0.05) is 25.8 Å². The molecule has 0 aliphatic carbocycles. The van der Waals surface area contributed by atoms with Crippen molar-refractivity contribution in [3.05, 3.63) is 18.0 Å². The van der Waals surface area contributed by atoms with Gasteiger partial charge in [-0.15, -0.1) is 0 Å². The average molecular weight is 406 g/mol. The fourth-order valence-corrected chi connectivity index (χ4v) is 5.14. The van der Waals surface area contributed by atoms with Crippen LogP contribution in [0.4, 0.5) is 0 Å². The van der Waals surface area contributed by atoms with E-state index in [0.717, 1.165) is 58.3 Å². The van der Waals surface area contributed by atoms with Crippen LogP contribution in [0.25, 0.3) is 0 Å². The molecule has 3 fully saturated rings. The molecular formula is C22H35N3O4. The number of amides is 1. The molecule has 1 spiro atoms. The third kappa shape index (κ3) is 3.97. The minimum absolute atomic E-state index is 0.0555.